The molecule has 0 bridgehead atoms. The molecule has 1 N–H and O–H groups in total. The second-order valence-electron chi connectivity index (χ2n) is 3.07. The Bertz CT molecular complexity index is 292. The molecule has 0 radical (unpaired) electrons. The van der Waals surface area contributed by atoms with Gasteiger partial charge in [0.15, 0.2) is 0 Å². The maximum absolute atomic E-state index is 12.5. The maximum atomic E-state index is 12.5. The molecule has 0 amide bonds. The Morgan fingerprint density at radius 2 is 2.00 bits per heavy atom. The van der Waals surface area contributed by atoms with Crippen molar-refractivity contribution < 1.29 is 14.3 Å². The molecule has 0 aromatic heterocycles. The first-order valence-electron chi connectivity index (χ1n) is 4.07. The Morgan fingerprint density at radius 3 is 2.46 bits per heavy atom. The van der Waals surface area contributed by atoms with Crippen LogP contribution < -0.4 is 0 Å². The van der Waals surface area contributed by atoms with Crippen LogP contribution in [0.1, 0.15) is 12.5 Å². The van der Waals surface area contributed by atoms with E-state index < -0.39 is 11.9 Å². The molecule has 2 nitrogen and oxygen atoms in total. The SMILES string of the molecule is C[C@@H](Cc1ccc(F)cc1)C(=O)O. The molecule has 0 aliphatic heterocycles. The fourth-order valence-electron chi connectivity index (χ4n) is 1.06. The number of aliphatic carboxylic acids is 1. The Kier molecular flexibility index (Phi) is 3.01. The molecule has 3 heteroatoms. The molecule has 0 saturated heterocycles. The summed E-state index contributed by atoms with van der Waals surface area (Å²) >= 11 is 0. The van der Waals surface area contributed by atoms with Crippen LogP contribution in [0, 0.1) is 11.7 Å². The molecular formula is C10H11FO2. The van der Waals surface area contributed by atoms with Gasteiger partial charge in [0.25, 0.3) is 0 Å². The molecule has 0 heterocycles. The number of carboxylic acid groups (broad SMARTS) is 1. The summed E-state index contributed by atoms with van der Waals surface area (Å²) in [5.74, 6) is -1.55. The third kappa shape index (κ3) is 2.86. The quantitative estimate of drug-likeness (QED) is 0.777. The van der Waals surface area contributed by atoms with Crippen LogP contribution in [-0.2, 0) is 11.2 Å². The lowest BCUT2D eigenvalue weighted by molar-refractivity contribution is -0.141. The highest BCUT2D eigenvalue weighted by atomic mass is 19.1. The first kappa shape index (κ1) is 9.71. The minimum absolute atomic E-state index is 0.299. The summed E-state index contributed by atoms with van der Waals surface area (Å²) < 4.78 is 12.5. The zero-order chi connectivity index (χ0) is 9.84. The van der Waals surface area contributed by atoms with E-state index in [0.29, 0.717) is 6.42 Å². The van der Waals surface area contributed by atoms with Crippen molar-refractivity contribution >= 4 is 5.97 Å². The maximum Gasteiger partial charge on any atom is 0.306 e. The molecule has 0 unspecified atom stereocenters. The van der Waals surface area contributed by atoms with Crippen LogP contribution in [0.3, 0.4) is 0 Å². The lowest BCUT2D eigenvalue weighted by Gasteiger charge is -2.05. The summed E-state index contributed by atoms with van der Waals surface area (Å²) in [4.78, 5) is 10.5. The van der Waals surface area contributed by atoms with Crippen LogP contribution in [0.4, 0.5) is 4.39 Å². The largest absolute Gasteiger partial charge is 0.481 e. The van der Waals surface area contributed by atoms with E-state index in [4.69, 9.17) is 5.11 Å². The van der Waals surface area contributed by atoms with Gasteiger partial charge in [-0.05, 0) is 24.1 Å². The summed E-state index contributed by atoms with van der Waals surface area (Å²) in [6, 6.07) is 5.89. The fraction of sp³-hybridized carbons (Fsp3) is 0.300. The summed E-state index contributed by atoms with van der Waals surface area (Å²) in [5, 5.41) is 8.62. The zero-order valence-electron chi connectivity index (χ0n) is 7.33. The predicted molar refractivity (Wildman–Crippen MR) is 46.9 cm³/mol. The van der Waals surface area contributed by atoms with E-state index in [2.05, 4.69) is 0 Å². The molecule has 0 aliphatic rings. The monoisotopic (exact) mass is 182 g/mol. The van der Waals surface area contributed by atoms with E-state index in [-0.39, 0.29) is 5.82 Å². The Hall–Kier alpha value is -1.38. The molecule has 0 aliphatic carbocycles. The van der Waals surface area contributed by atoms with E-state index in [1.165, 1.54) is 12.1 Å². The average Bonchev–Trinajstić information content (AvgIpc) is 2.08. The van der Waals surface area contributed by atoms with Gasteiger partial charge >= 0.3 is 5.97 Å². The smallest absolute Gasteiger partial charge is 0.306 e. The summed E-state index contributed by atoms with van der Waals surface area (Å²) in [6.07, 6.45) is 0.440. The van der Waals surface area contributed by atoms with Gasteiger partial charge in [0, 0.05) is 0 Å². The van der Waals surface area contributed by atoms with Crippen LogP contribution in [0.5, 0.6) is 0 Å². The molecule has 1 rings (SSSR count). The minimum atomic E-state index is -0.829. The normalized spacial score (nSPS) is 12.5. The minimum Gasteiger partial charge on any atom is -0.481 e. The topological polar surface area (TPSA) is 37.3 Å². The number of benzene rings is 1. The van der Waals surface area contributed by atoms with Crippen LogP contribution in [0.25, 0.3) is 0 Å². The molecule has 0 saturated carbocycles. The first-order chi connectivity index (χ1) is 6.09. The summed E-state index contributed by atoms with van der Waals surface area (Å²) in [6.45, 7) is 1.63. The van der Waals surface area contributed by atoms with Gasteiger partial charge in [-0.3, -0.25) is 4.79 Å². The van der Waals surface area contributed by atoms with E-state index in [1.54, 1.807) is 19.1 Å². The van der Waals surface area contributed by atoms with Gasteiger partial charge < -0.3 is 5.11 Å². The molecular weight excluding hydrogens is 171 g/mol. The van der Waals surface area contributed by atoms with E-state index >= 15 is 0 Å². The lowest BCUT2D eigenvalue weighted by atomic mass is 10.0. The van der Waals surface area contributed by atoms with Crippen LogP contribution in [0.15, 0.2) is 24.3 Å². The van der Waals surface area contributed by atoms with Gasteiger partial charge in [0.2, 0.25) is 0 Å². The van der Waals surface area contributed by atoms with Gasteiger partial charge in [-0.1, -0.05) is 19.1 Å². The van der Waals surface area contributed by atoms with Crippen molar-refractivity contribution in [1.29, 1.82) is 0 Å². The fourth-order valence-corrected chi connectivity index (χ4v) is 1.06. The molecule has 1 aromatic rings. The number of carboxylic acids is 1. The van der Waals surface area contributed by atoms with E-state index in [1.807, 2.05) is 0 Å². The van der Waals surface area contributed by atoms with Crippen LogP contribution in [0.2, 0.25) is 0 Å². The van der Waals surface area contributed by atoms with Crippen molar-refractivity contribution in [2.45, 2.75) is 13.3 Å². The second kappa shape index (κ2) is 4.03. The number of hydrogen-bond acceptors (Lipinski definition) is 1. The number of halogens is 1. The summed E-state index contributed by atoms with van der Waals surface area (Å²) in [5.41, 5.74) is 0.844. The van der Waals surface area contributed by atoms with Gasteiger partial charge in [0.1, 0.15) is 5.82 Å². The first-order valence-corrected chi connectivity index (χ1v) is 4.07. The second-order valence-corrected chi connectivity index (χ2v) is 3.07. The van der Waals surface area contributed by atoms with Crippen LogP contribution >= 0.6 is 0 Å². The number of rotatable bonds is 3. The molecule has 70 valence electrons. The highest BCUT2D eigenvalue weighted by Gasteiger charge is 2.10. The number of carbonyl (C=O) groups is 1. The lowest BCUT2D eigenvalue weighted by Crippen LogP contribution is -2.12. The average molecular weight is 182 g/mol. The molecule has 0 spiro atoms. The Morgan fingerprint density at radius 1 is 1.46 bits per heavy atom. The van der Waals surface area contributed by atoms with Crippen molar-refractivity contribution in [2.75, 3.05) is 0 Å². The van der Waals surface area contributed by atoms with Gasteiger partial charge in [-0.15, -0.1) is 0 Å². The van der Waals surface area contributed by atoms with Crippen molar-refractivity contribution in [3.8, 4) is 0 Å². The van der Waals surface area contributed by atoms with Crippen molar-refractivity contribution in [2.24, 2.45) is 5.92 Å². The van der Waals surface area contributed by atoms with Crippen molar-refractivity contribution in [3.63, 3.8) is 0 Å². The molecule has 1 aromatic carbocycles. The molecule has 1 atom stereocenters. The van der Waals surface area contributed by atoms with Gasteiger partial charge in [-0.25, -0.2) is 4.39 Å². The predicted octanol–water partition coefficient (Wildman–Crippen LogP) is 2.09. The van der Waals surface area contributed by atoms with E-state index in [0.717, 1.165) is 5.56 Å². The van der Waals surface area contributed by atoms with E-state index in [9.17, 15) is 9.18 Å². The van der Waals surface area contributed by atoms with Gasteiger partial charge in [0.05, 0.1) is 5.92 Å². The highest BCUT2D eigenvalue weighted by molar-refractivity contribution is 5.69. The Balaban J connectivity index is 2.64. The van der Waals surface area contributed by atoms with Crippen molar-refractivity contribution in [3.05, 3.63) is 35.6 Å². The van der Waals surface area contributed by atoms with Crippen LogP contribution in [-0.4, -0.2) is 11.1 Å². The summed E-state index contributed by atoms with van der Waals surface area (Å²) in [7, 11) is 0. The van der Waals surface area contributed by atoms with Crippen molar-refractivity contribution in [1.82, 2.24) is 0 Å². The Labute approximate surface area is 76.0 Å². The third-order valence-corrected chi connectivity index (χ3v) is 1.88. The third-order valence-electron chi connectivity index (χ3n) is 1.88. The molecule has 13 heavy (non-hydrogen) atoms. The molecule has 0 fully saturated rings. The zero-order valence-corrected chi connectivity index (χ0v) is 7.33. The standard InChI is InChI=1S/C10H11FO2/c1-7(10(12)13)6-8-2-4-9(11)5-3-8/h2-5,7H,6H2,1H3,(H,12,13)/t7-/m0/s1. The number of hydrogen-bond donors (Lipinski definition) is 1. The highest BCUT2D eigenvalue weighted by Crippen LogP contribution is 2.09. The van der Waals surface area contributed by atoms with Gasteiger partial charge in [-0.2, -0.15) is 0 Å².